The van der Waals surface area contributed by atoms with Gasteiger partial charge in [-0.05, 0) is 12.1 Å². The lowest BCUT2D eigenvalue weighted by Gasteiger charge is -2.35. The summed E-state index contributed by atoms with van der Waals surface area (Å²) in [6.07, 6.45) is -2.69. The number of alkyl halides is 3. The van der Waals surface area contributed by atoms with Crippen LogP contribution in [0.3, 0.4) is 0 Å². The topological polar surface area (TPSA) is 62.5 Å². The van der Waals surface area contributed by atoms with Gasteiger partial charge in [-0.1, -0.05) is 0 Å². The number of aromatic nitrogens is 1. The van der Waals surface area contributed by atoms with Crippen molar-refractivity contribution in [2.45, 2.75) is 12.7 Å². The summed E-state index contributed by atoms with van der Waals surface area (Å²) >= 11 is 0. The number of hydrogen-bond acceptors (Lipinski definition) is 4. The molecule has 1 aliphatic rings. The zero-order valence-electron chi connectivity index (χ0n) is 11.4. The summed E-state index contributed by atoms with van der Waals surface area (Å²) in [7, 11) is 0. The van der Waals surface area contributed by atoms with Gasteiger partial charge in [-0.2, -0.15) is 13.2 Å². The third-order valence-electron chi connectivity index (χ3n) is 3.34. The molecule has 116 valence electrons. The Bertz CT molecular complexity index is 498. The van der Waals surface area contributed by atoms with E-state index in [2.05, 4.69) is 4.98 Å². The molecule has 0 aliphatic carbocycles. The SMILES string of the molecule is NCc1cc(C(=O)N2CCN(CC(F)(F)F)CC2)ccn1. The molecule has 0 spiro atoms. The van der Waals surface area contributed by atoms with E-state index in [9.17, 15) is 18.0 Å². The number of amides is 1. The second-order valence-electron chi connectivity index (χ2n) is 4.92. The van der Waals surface area contributed by atoms with Gasteiger partial charge in [-0.25, -0.2) is 0 Å². The molecule has 21 heavy (non-hydrogen) atoms. The van der Waals surface area contributed by atoms with Gasteiger partial charge < -0.3 is 10.6 Å². The smallest absolute Gasteiger partial charge is 0.336 e. The monoisotopic (exact) mass is 302 g/mol. The van der Waals surface area contributed by atoms with Crippen LogP contribution in [0.5, 0.6) is 0 Å². The van der Waals surface area contributed by atoms with Crippen molar-refractivity contribution >= 4 is 5.91 Å². The van der Waals surface area contributed by atoms with E-state index in [0.717, 1.165) is 0 Å². The van der Waals surface area contributed by atoms with Crippen LogP contribution in [-0.2, 0) is 6.54 Å². The van der Waals surface area contributed by atoms with E-state index in [4.69, 9.17) is 5.73 Å². The average Bonchev–Trinajstić information content (AvgIpc) is 2.46. The van der Waals surface area contributed by atoms with Crippen molar-refractivity contribution in [2.75, 3.05) is 32.7 Å². The minimum atomic E-state index is -4.20. The van der Waals surface area contributed by atoms with Crippen LogP contribution in [0.2, 0.25) is 0 Å². The molecular formula is C13H17F3N4O. The number of carbonyl (C=O) groups is 1. The molecule has 5 nitrogen and oxygen atoms in total. The molecule has 0 saturated carbocycles. The molecule has 8 heteroatoms. The van der Waals surface area contributed by atoms with E-state index in [0.29, 0.717) is 11.3 Å². The lowest BCUT2D eigenvalue weighted by Crippen LogP contribution is -2.50. The number of rotatable bonds is 3. The predicted octanol–water partition coefficient (Wildman–Crippen LogP) is 0.860. The zero-order chi connectivity index (χ0) is 15.5. The first-order chi connectivity index (χ1) is 9.89. The molecule has 1 amide bonds. The standard InChI is InChI=1S/C13H17F3N4O/c14-13(15,16)9-19-3-5-20(6-4-19)12(21)10-1-2-18-11(7-10)8-17/h1-2,7H,3-6,8-9,17H2. The Morgan fingerprint density at radius 3 is 2.52 bits per heavy atom. The minimum Gasteiger partial charge on any atom is -0.336 e. The third kappa shape index (κ3) is 4.40. The number of nitrogens with two attached hydrogens (primary N) is 1. The minimum absolute atomic E-state index is 0.196. The molecule has 2 N–H and O–H groups in total. The van der Waals surface area contributed by atoms with Crippen LogP contribution in [0.25, 0.3) is 0 Å². The molecule has 0 atom stereocenters. The van der Waals surface area contributed by atoms with Crippen LogP contribution in [0, 0.1) is 0 Å². The highest BCUT2D eigenvalue weighted by Gasteiger charge is 2.32. The third-order valence-corrected chi connectivity index (χ3v) is 3.34. The number of nitrogens with zero attached hydrogens (tertiary/aromatic N) is 3. The molecular weight excluding hydrogens is 285 g/mol. The maximum atomic E-state index is 12.3. The van der Waals surface area contributed by atoms with Crippen LogP contribution < -0.4 is 5.73 Å². The van der Waals surface area contributed by atoms with Crippen molar-refractivity contribution in [3.05, 3.63) is 29.6 Å². The van der Waals surface area contributed by atoms with Gasteiger partial charge in [0.15, 0.2) is 0 Å². The van der Waals surface area contributed by atoms with E-state index in [1.54, 1.807) is 17.0 Å². The van der Waals surface area contributed by atoms with Crippen molar-refractivity contribution in [1.29, 1.82) is 0 Å². The lowest BCUT2D eigenvalue weighted by atomic mass is 10.2. The van der Waals surface area contributed by atoms with Gasteiger partial charge in [0.2, 0.25) is 0 Å². The van der Waals surface area contributed by atoms with Gasteiger partial charge in [0.1, 0.15) is 0 Å². The van der Waals surface area contributed by atoms with Crippen molar-refractivity contribution in [1.82, 2.24) is 14.8 Å². The molecule has 1 aliphatic heterocycles. The van der Waals surface area contributed by atoms with Crippen LogP contribution in [0.4, 0.5) is 13.2 Å². The Balaban J connectivity index is 1.94. The molecule has 1 aromatic heterocycles. The number of hydrogen-bond donors (Lipinski definition) is 1. The van der Waals surface area contributed by atoms with Crippen molar-refractivity contribution in [2.24, 2.45) is 5.73 Å². The molecule has 0 radical (unpaired) electrons. The van der Waals surface area contributed by atoms with Gasteiger partial charge in [0.05, 0.1) is 12.2 Å². The summed E-state index contributed by atoms with van der Waals surface area (Å²) in [5, 5.41) is 0. The van der Waals surface area contributed by atoms with Gasteiger partial charge in [0.25, 0.3) is 5.91 Å². The first-order valence-electron chi connectivity index (χ1n) is 6.62. The summed E-state index contributed by atoms with van der Waals surface area (Å²) in [5.74, 6) is -0.196. The van der Waals surface area contributed by atoms with E-state index in [-0.39, 0.29) is 38.6 Å². The fraction of sp³-hybridized carbons (Fsp3) is 0.538. The molecule has 0 unspecified atom stereocenters. The zero-order valence-corrected chi connectivity index (χ0v) is 11.4. The average molecular weight is 302 g/mol. The molecule has 1 fully saturated rings. The van der Waals surface area contributed by atoms with Gasteiger partial charge >= 0.3 is 6.18 Å². The summed E-state index contributed by atoms with van der Waals surface area (Å²) in [6, 6.07) is 3.20. The van der Waals surface area contributed by atoms with Gasteiger partial charge in [0, 0.05) is 44.5 Å². The molecule has 2 rings (SSSR count). The number of halogens is 3. The largest absolute Gasteiger partial charge is 0.401 e. The fourth-order valence-corrected chi connectivity index (χ4v) is 2.27. The molecule has 0 aromatic carbocycles. The molecule has 0 bridgehead atoms. The Kier molecular flexibility index (Phi) is 4.79. The van der Waals surface area contributed by atoms with Crippen LogP contribution in [0.1, 0.15) is 16.1 Å². The maximum absolute atomic E-state index is 12.3. The summed E-state index contributed by atoms with van der Waals surface area (Å²) < 4.78 is 36.9. The molecule has 1 aromatic rings. The molecule has 1 saturated heterocycles. The van der Waals surface area contributed by atoms with Crippen LogP contribution in [0.15, 0.2) is 18.3 Å². The second-order valence-corrected chi connectivity index (χ2v) is 4.92. The fourth-order valence-electron chi connectivity index (χ4n) is 2.27. The van der Waals surface area contributed by atoms with E-state index < -0.39 is 12.7 Å². The molecule has 2 heterocycles. The Labute approximate surface area is 120 Å². The normalized spacial score (nSPS) is 17.0. The Morgan fingerprint density at radius 1 is 1.29 bits per heavy atom. The van der Waals surface area contributed by atoms with E-state index >= 15 is 0 Å². The van der Waals surface area contributed by atoms with Gasteiger partial charge in [-0.15, -0.1) is 0 Å². The maximum Gasteiger partial charge on any atom is 0.401 e. The van der Waals surface area contributed by atoms with E-state index in [1.165, 1.54) is 11.1 Å². The van der Waals surface area contributed by atoms with E-state index in [1.807, 2.05) is 0 Å². The lowest BCUT2D eigenvalue weighted by molar-refractivity contribution is -0.148. The highest BCUT2D eigenvalue weighted by molar-refractivity contribution is 5.94. The first-order valence-corrected chi connectivity index (χ1v) is 6.62. The highest BCUT2D eigenvalue weighted by atomic mass is 19.4. The quantitative estimate of drug-likeness (QED) is 0.899. The van der Waals surface area contributed by atoms with Crippen LogP contribution >= 0.6 is 0 Å². The predicted molar refractivity (Wildman–Crippen MR) is 70.5 cm³/mol. The van der Waals surface area contributed by atoms with Crippen molar-refractivity contribution < 1.29 is 18.0 Å². The van der Waals surface area contributed by atoms with Gasteiger partial charge in [-0.3, -0.25) is 14.7 Å². The van der Waals surface area contributed by atoms with Crippen molar-refractivity contribution in [3.8, 4) is 0 Å². The number of piperazine rings is 1. The number of pyridine rings is 1. The van der Waals surface area contributed by atoms with Crippen LogP contribution in [-0.4, -0.2) is 59.6 Å². The first kappa shape index (κ1) is 15.7. The second kappa shape index (κ2) is 6.40. The van der Waals surface area contributed by atoms with Crippen molar-refractivity contribution in [3.63, 3.8) is 0 Å². The summed E-state index contributed by atoms with van der Waals surface area (Å²) in [6.45, 7) is 0.326. The highest BCUT2D eigenvalue weighted by Crippen LogP contribution is 2.18. The Hall–Kier alpha value is -1.67. The number of carbonyl (C=O) groups excluding carboxylic acids is 1. The Morgan fingerprint density at radius 2 is 1.95 bits per heavy atom. The summed E-state index contributed by atoms with van der Waals surface area (Å²) in [5.41, 5.74) is 6.55. The summed E-state index contributed by atoms with van der Waals surface area (Å²) in [4.78, 5) is 19.2.